The van der Waals surface area contributed by atoms with Gasteiger partial charge < -0.3 is 16.4 Å². The Morgan fingerprint density at radius 1 is 1.39 bits per heavy atom. The van der Waals surface area contributed by atoms with E-state index < -0.39 is 6.04 Å². The molecule has 1 aliphatic carbocycles. The number of nitrogens with one attached hydrogen (secondary N) is 2. The van der Waals surface area contributed by atoms with Crippen molar-refractivity contribution in [2.45, 2.75) is 38.3 Å². The van der Waals surface area contributed by atoms with Crippen molar-refractivity contribution in [1.29, 1.82) is 0 Å². The molecule has 6 heteroatoms. The summed E-state index contributed by atoms with van der Waals surface area (Å²) < 4.78 is 0. The van der Waals surface area contributed by atoms with Crippen LogP contribution in [0.3, 0.4) is 0 Å². The number of thioether (sulfide) groups is 1. The summed E-state index contributed by atoms with van der Waals surface area (Å²) in [5, 5.41) is 5.79. The molecule has 126 valence electrons. The predicted octanol–water partition coefficient (Wildman–Crippen LogP) is 2.12. The zero-order valence-corrected chi connectivity index (χ0v) is 14.3. The molecule has 0 radical (unpaired) electrons. The van der Waals surface area contributed by atoms with Gasteiger partial charge in [0.1, 0.15) is 0 Å². The Bertz CT molecular complexity index is 546. The number of carbonyl (C=O) groups is 2. The van der Waals surface area contributed by atoms with Crippen LogP contribution in [0.15, 0.2) is 24.3 Å². The van der Waals surface area contributed by atoms with Crippen LogP contribution in [0.4, 0.5) is 5.69 Å². The SMILES string of the molecule is CSCC[C@H](N)C(=O)NCc1cccc(NC(=O)C2CCC2)c1. The van der Waals surface area contributed by atoms with Crippen LogP contribution < -0.4 is 16.4 Å². The molecular formula is C17H25N3O2S. The third-order valence-corrected chi connectivity index (χ3v) is 4.75. The third kappa shape index (κ3) is 5.55. The number of amides is 2. The van der Waals surface area contributed by atoms with Gasteiger partial charge in [0.05, 0.1) is 6.04 Å². The lowest BCUT2D eigenvalue weighted by molar-refractivity contribution is -0.123. The van der Waals surface area contributed by atoms with Gasteiger partial charge in [0.25, 0.3) is 0 Å². The van der Waals surface area contributed by atoms with Gasteiger partial charge in [-0.1, -0.05) is 18.6 Å². The standard InChI is InChI=1S/C17H25N3O2S/c1-23-9-8-15(18)17(22)19-11-12-4-2-7-14(10-12)20-16(21)13-5-3-6-13/h2,4,7,10,13,15H,3,5-6,8-9,11,18H2,1H3,(H,19,22)(H,20,21)/t15-/m0/s1. The van der Waals surface area contributed by atoms with Crippen molar-refractivity contribution in [3.8, 4) is 0 Å². The summed E-state index contributed by atoms with van der Waals surface area (Å²) in [6.07, 6.45) is 5.77. The Hall–Kier alpha value is -1.53. The lowest BCUT2D eigenvalue weighted by Gasteiger charge is -2.24. The van der Waals surface area contributed by atoms with Gasteiger partial charge in [-0.15, -0.1) is 0 Å². The molecule has 0 heterocycles. The molecule has 0 spiro atoms. The molecule has 1 fully saturated rings. The van der Waals surface area contributed by atoms with E-state index in [-0.39, 0.29) is 17.7 Å². The van der Waals surface area contributed by atoms with Crippen molar-refractivity contribution in [2.75, 3.05) is 17.3 Å². The molecule has 0 aliphatic heterocycles. The zero-order valence-electron chi connectivity index (χ0n) is 13.5. The van der Waals surface area contributed by atoms with E-state index in [1.807, 2.05) is 30.5 Å². The normalized spacial score (nSPS) is 15.6. The monoisotopic (exact) mass is 335 g/mol. The predicted molar refractivity (Wildman–Crippen MR) is 95.2 cm³/mol. The molecular weight excluding hydrogens is 310 g/mol. The largest absolute Gasteiger partial charge is 0.351 e. The molecule has 4 N–H and O–H groups in total. The van der Waals surface area contributed by atoms with Crippen molar-refractivity contribution in [2.24, 2.45) is 11.7 Å². The second-order valence-electron chi connectivity index (χ2n) is 5.92. The summed E-state index contributed by atoms with van der Waals surface area (Å²) in [5.41, 5.74) is 7.56. The Kier molecular flexibility index (Phi) is 6.92. The van der Waals surface area contributed by atoms with Gasteiger partial charge in [-0.25, -0.2) is 0 Å². The minimum Gasteiger partial charge on any atom is -0.351 e. The first-order valence-corrected chi connectivity index (χ1v) is 9.41. The Morgan fingerprint density at radius 2 is 2.17 bits per heavy atom. The van der Waals surface area contributed by atoms with Crippen LogP contribution >= 0.6 is 11.8 Å². The average Bonchev–Trinajstić information content (AvgIpc) is 2.48. The molecule has 1 saturated carbocycles. The van der Waals surface area contributed by atoms with Gasteiger partial charge in [0, 0.05) is 18.2 Å². The number of hydrogen-bond donors (Lipinski definition) is 3. The van der Waals surface area contributed by atoms with Crippen LogP contribution in [0.2, 0.25) is 0 Å². The number of carbonyl (C=O) groups excluding carboxylic acids is 2. The quantitative estimate of drug-likeness (QED) is 0.679. The molecule has 23 heavy (non-hydrogen) atoms. The molecule has 0 unspecified atom stereocenters. The second kappa shape index (κ2) is 8.93. The molecule has 2 rings (SSSR count). The minimum atomic E-state index is -0.469. The van der Waals surface area contributed by atoms with Crippen LogP contribution in [0.1, 0.15) is 31.2 Å². The fraction of sp³-hybridized carbons (Fsp3) is 0.529. The van der Waals surface area contributed by atoms with Crippen LogP contribution in [-0.2, 0) is 16.1 Å². The highest BCUT2D eigenvalue weighted by molar-refractivity contribution is 7.98. The Labute approximate surface area is 141 Å². The first-order valence-electron chi connectivity index (χ1n) is 8.02. The fourth-order valence-corrected chi connectivity index (χ4v) is 2.86. The molecule has 1 aliphatic rings. The number of nitrogens with two attached hydrogens (primary N) is 1. The smallest absolute Gasteiger partial charge is 0.237 e. The number of benzene rings is 1. The molecule has 0 bridgehead atoms. The zero-order chi connectivity index (χ0) is 16.7. The summed E-state index contributed by atoms with van der Waals surface area (Å²) in [6.45, 7) is 0.416. The van der Waals surface area contributed by atoms with E-state index in [0.717, 1.165) is 36.3 Å². The molecule has 1 aromatic rings. The molecule has 1 atom stereocenters. The average molecular weight is 335 g/mol. The number of anilines is 1. The van der Waals surface area contributed by atoms with E-state index in [1.54, 1.807) is 11.8 Å². The summed E-state index contributed by atoms with van der Waals surface area (Å²) in [6, 6.07) is 7.10. The number of rotatable bonds is 8. The van der Waals surface area contributed by atoms with Crippen molar-refractivity contribution >= 4 is 29.3 Å². The van der Waals surface area contributed by atoms with Crippen molar-refractivity contribution in [3.05, 3.63) is 29.8 Å². The van der Waals surface area contributed by atoms with Gasteiger partial charge in [-0.05, 0) is 49.0 Å². The summed E-state index contributed by atoms with van der Waals surface area (Å²) >= 11 is 1.68. The van der Waals surface area contributed by atoms with Gasteiger partial charge >= 0.3 is 0 Å². The highest BCUT2D eigenvalue weighted by Crippen LogP contribution is 2.27. The van der Waals surface area contributed by atoms with Crippen molar-refractivity contribution < 1.29 is 9.59 Å². The van der Waals surface area contributed by atoms with Gasteiger partial charge in [0.2, 0.25) is 11.8 Å². The second-order valence-corrected chi connectivity index (χ2v) is 6.91. The first-order chi connectivity index (χ1) is 11.1. The van der Waals surface area contributed by atoms with Gasteiger partial charge in [0.15, 0.2) is 0 Å². The van der Waals surface area contributed by atoms with Crippen molar-refractivity contribution in [3.63, 3.8) is 0 Å². The van der Waals surface area contributed by atoms with Crippen LogP contribution in [0.25, 0.3) is 0 Å². The summed E-state index contributed by atoms with van der Waals surface area (Å²) in [5.74, 6) is 0.990. The third-order valence-electron chi connectivity index (χ3n) is 4.11. The highest BCUT2D eigenvalue weighted by atomic mass is 32.2. The Morgan fingerprint density at radius 3 is 2.83 bits per heavy atom. The lowest BCUT2D eigenvalue weighted by Crippen LogP contribution is -2.40. The van der Waals surface area contributed by atoms with E-state index in [0.29, 0.717) is 13.0 Å². The summed E-state index contributed by atoms with van der Waals surface area (Å²) in [7, 11) is 0. The Balaban J connectivity index is 1.82. The molecule has 1 aromatic carbocycles. The van der Waals surface area contributed by atoms with Crippen LogP contribution in [0.5, 0.6) is 0 Å². The van der Waals surface area contributed by atoms with E-state index in [9.17, 15) is 9.59 Å². The maximum atomic E-state index is 12.0. The fourth-order valence-electron chi connectivity index (χ4n) is 2.37. The molecule has 0 saturated heterocycles. The van der Waals surface area contributed by atoms with E-state index in [2.05, 4.69) is 10.6 Å². The van der Waals surface area contributed by atoms with Crippen LogP contribution in [0, 0.1) is 5.92 Å². The highest BCUT2D eigenvalue weighted by Gasteiger charge is 2.25. The molecule has 0 aromatic heterocycles. The minimum absolute atomic E-state index is 0.0940. The van der Waals surface area contributed by atoms with Gasteiger partial charge in [-0.3, -0.25) is 9.59 Å². The number of hydrogen-bond acceptors (Lipinski definition) is 4. The first kappa shape index (κ1) is 17.8. The van der Waals surface area contributed by atoms with E-state index in [4.69, 9.17) is 5.73 Å². The molecule has 5 nitrogen and oxygen atoms in total. The topological polar surface area (TPSA) is 84.2 Å². The van der Waals surface area contributed by atoms with E-state index in [1.165, 1.54) is 0 Å². The summed E-state index contributed by atoms with van der Waals surface area (Å²) in [4.78, 5) is 23.9. The lowest BCUT2D eigenvalue weighted by atomic mass is 9.85. The maximum Gasteiger partial charge on any atom is 0.237 e. The van der Waals surface area contributed by atoms with E-state index >= 15 is 0 Å². The van der Waals surface area contributed by atoms with Gasteiger partial charge in [-0.2, -0.15) is 11.8 Å². The molecule has 2 amide bonds. The van der Waals surface area contributed by atoms with Crippen LogP contribution in [-0.4, -0.2) is 29.9 Å². The maximum absolute atomic E-state index is 12.0. The van der Waals surface area contributed by atoms with Crippen molar-refractivity contribution in [1.82, 2.24) is 5.32 Å².